The Hall–Kier alpha value is -5.07. The van der Waals surface area contributed by atoms with Gasteiger partial charge in [-0.15, -0.1) is 0 Å². The van der Waals surface area contributed by atoms with Crippen molar-refractivity contribution < 1.29 is 33.6 Å². The van der Waals surface area contributed by atoms with Crippen molar-refractivity contribution in [2.24, 2.45) is 23.7 Å². The molecule has 0 aliphatic carbocycles. The van der Waals surface area contributed by atoms with E-state index >= 15 is 0 Å². The first kappa shape index (κ1) is 45.1. The van der Waals surface area contributed by atoms with Gasteiger partial charge >= 0.3 is 0 Å². The second-order valence-electron chi connectivity index (χ2n) is 15.2. The molecular weight excluding hydrogens is 688 g/mol. The molecule has 0 radical (unpaired) electrons. The number of Topliss-reactive ketones (excluding diaryl/α,β-unsaturated/α-hetero) is 1. The van der Waals surface area contributed by atoms with Crippen molar-refractivity contribution in [2.45, 2.75) is 118 Å². The lowest BCUT2D eigenvalue weighted by Crippen LogP contribution is -2.61. The predicted molar refractivity (Wildman–Crippen MR) is 208 cm³/mol. The molecule has 0 saturated carbocycles. The van der Waals surface area contributed by atoms with Crippen LogP contribution in [0.2, 0.25) is 0 Å². The molecule has 0 aliphatic heterocycles. The number of hydrogen-bond donors (Lipinski definition) is 6. The van der Waals surface area contributed by atoms with Gasteiger partial charge in [-0.1, -0.05) is 116 Å². The maximum atomic E-state index is 14.7. The predicted octanol–water partition coefficient (Wildman–Crippen LogP) is 2.61. The van der Waals surface area contributed by atoms with Crippen molar-refractivity contribution in [1.29, 1.82) is 0 Å². The molecular formula is C41H60N6O7. The summed E-state index contributed by atoms with van der Waals surface area (Å²) in [4.78, 5) is 93.1. The highest BCUT2D eigenvalue weighted by Gasteiger charge is 2.37. The van der Waals surface area contributed by atoms with E-state index in [4.69, 9.17) is 0 Å². The highest BCUT2D eigenvalue weighted by atomic mass is 16.2. The fourth-order valence-corrected chi connectivity index (χ4v) is 5.97. The van der Waals surface area contributed by atoms with Gasteiger partial charge in [-0.2, -0.15) is 0 Å². The molecule has 0 bridgehead atoms. The molecule has 54 heavy (non-hydrogen) atoms. The highest BCUT2D eigenvalue weighted by Crippen LogP contribution is 2.14. The summed E-state index contributed by atoms with van der Waals surface area (Å²) in [6.45, 7) is 16.8. The van der Waals surface area contributed by atoms with Gasteiger partial charge in [-0.05, 0) is 47.6 Å². The fourth-order valence-electron chi connectivity index (χ4n) is 5.97. The van der Waals surface area contributed by atoms with Crippen molar-refractivity contribution in [3.05, 3.63) is 71.8 Å². The Morgan fingerprint density at radius 2 is 0.667 bits per heavy atom. The summed E-state index contributed by atoms with van der Waals surface area (Å²) in [5.41, 5.74) is 1.50. The molecule has 2 aromatic rings. The average Bonchev–Trinajstić information content (AvgIpc) is 3.09. The summed E-state index contributed by atoms with van der Waals surface area (Å²) < 4.78 is 0. The molecule has 296 valence electrons. The van der Waals surface area contributed by atoms with Crippen molar-refractivity contribution >= 4 is 41.2 Å². The standard InChI is InChI=1S/C41H60N6O7/c1-23(2)33(42-27(9)48)40(53)46-35(25(5)6)38(51)44-31(21-29-17-13-11-14-18-29)37(50)32(22-30-19-15-12-16-20-30)45-39(52)36(26(7)8)47-41(54)34(24(3)4)43-28(10)49/h11-20,23-26,31-36H,21-22H2,1-10H3,(H,42,48)(H,43,49)(H,44,51)(H,45,52)(H,46,53)(H,47,54)/t31?,32?,33-,34-,35-,36-/m0/s1. The summed E-state index contributed by atoms with van der Waals surface area (Å²) in [5, 5.41) is 16.6. The lowest BCUT2D eigenvalue weighted by atomic mass is 9.92. The van der Waals surface area contributed by atoms with Crippen molar-refractivity contribution in [2.75, 3.05) is 0 Å². The number of carbonyl (C=O) groups excluding carboxylic acids is 7. The van der Waals surface area contributed by atoms with E-state index in [-0.39, 0.29) is 36.5 Å². The van der Waals surface area contributed by atoms with E-state index in [1.165, 1.54) is 13.8 Å². The molecule has 2 unspecified atom stereocenters. The monoisotopic (exact) mass is 748 g/mol. The number of carbonyl (C=O) groups is 7. The minimum Gasteiger partial charge on any atom is -0.344 e. The summed E-state index contributed by atoms with van der Waals surface area (Å²) in [5.74, 6) is -4.85. The minimum atomic E-state index is -1.14. The van der Waals surface area contributed by atoms with Gasteiger partial charge in [-0.3, -0.25) is 33.6 Å². The minimum absolute atomic E-state index is 0.0863. The van der Waals surface area contributed by atoms with E-state index in [9.17, 15) is 33.6 Å². The largest absolute Gasteiger partial charge is 0.344 e. The third-order valence-electron chi connectivity index (χ3n) is 8.99. The normalized spacial score (nSPS) is 14.6. The molecule has 0 fully saturated rings. The van der Waals surface area contributed by atoms with E-state index in [0.717, 1.165) is 11.1 Å². The molecule has 6 atom stereocenters. The van der Waals surface area contributed by atoms with Crippen LogP contribution in [0.5, 0.6) is 0 Å². The van der Waals surface area contributed by atoms with Crippen molar-refractivity contribution in [3.63, 3.8) is 0 Å². The van der Waals surface area contributed by atoms with E-state index < -0.39 is 77.5 Å². The first-order chi connectivity index (χ1) is 25.3. The molecule has 13 nitrogen and oxygen atoms in total. The lowest BCUT2D eigenvalue weighted by Gasteiger charge is -2.31. The van der Waals surface area contributed by atoms with Crippen LogP contribution in [0.4, 0.5) is 0 Å². The van der Waals surface area contributed by atoms with Crippen LogP contribution < -0.4 is 31.9 Å². The molecule has 0 spiro atoms. The number of benzene rings is 2. The molecule has 2 aromatic carbocycles. The Morgan fingerprint density at radius 3 is 0.926 bits per heavy atom. The Balaban J connectivity index is 2.51. The Morgan fingerprint density at radius 1 is 0.407 bits per heavy atom. The quantitative estimate of drug-likeness (QED) is 0.120. The Kier molecular flexibility index (Phi) is 18.0. The third-order valence-corrected chi connectivity index (χ3v) is 8.99. The maximum Gasteiger partial charge on any atom is 0.243 e. The second-order valence-corrected chi connectivity index (χ2v) is 15.2. The summed E-state index contributed by atoms with van der Waals surface area (Å²) in [6, 6.07) is 12.1. The van der Waals surface area contributed by atoms with Gasteiger partial charge in [0.15, 0.2) is 5.78 Å². The fraction of sp³-hybridized carbons (Fsp3) is 0.537. The molecule has 0 aromatic heterocycles. The second kappa shape index (κ2) is 21.6. The Bertz CT molecular complexity index is 1460. The third kappa shape index (κ3) is 14.4. The van der Waals surface area contributed by atoms with Gasteiger partial charge in [0, 0.05) is 13.8 Å². The van der Waals surface area contributed by atoms with E-state index in [1.807, 2.05) is 60.7 Å². The van der Waals surface area contributed by atoms with Gasteiger partial charge in [0.25, 0.3) is 0 Å². The average molecular weight is 749 g/mol. The van der Waals surface area contributed by atoms with Gasteiger partial charge in [0.1, 0.15) is 24.2 Å². The smallest absolute Gasteiger partial charge is 0.243 e. The highest BCUT2D eigenvalue weighted by molar-refractivity contribution is 5.99. The first-order valence-electron chi connectivity index (χ1n) is 18.7. The van der Waals surface area contributed by atoms with Crippen LogP contribution in [0, 0.1) is 23.7 Å². The zero-order valence-electron chi connectivity index (χ0n) is 33.3. The van der Waals surface area contributed by atoms with Crippen LogP contribution in [-0.2, 0) is 46.4 Å². The SMILES string of the molecule is CC(=O)N[C@H](C(=O)N[C@H](C(=O)NC(Cc1ccccc1)C(=O)C(Cc1ccccc1)NC(=O)[C@@H](NC(=O)[C@@H](NC(C)=O)C(C)C)C(C)C)C(C)C)C(C)C. The zero-order valence-corrected chi connectivity index (χ0v) is 33.3. The van der Waals surface area contributed by atoms with Crippen LogP contribution in [0.3, 0.4) is 0 Å². The zero-order chi connectivity index (χ0) is 40.7. The molecule has 6 amide bonds. The number of amides is 6. The molecule has 0 heterocycles. The molecule has 6 N–H and O–H groups in total. The molecule has 0 aliphatic rings. The van der Waals surface area contributed by atoms with Crippen molar-refractivity contribution in [1.82, 2.24) is 31.9 Å². The molecule has 13 heteroatoms. The molecule has 2 rings (SSSR count). The van der Waals surface area contributed by atoms with Crippen molar-refractivity contribution in [3.8, 4) is 0 Å². The number of rotatable bonds is 20. The van der Waals surface area contributed by atoms with Crippen LogP contribution >= 0.6 is 0 Å². The van der Waals surface area contributed by atoms with Gasteiger partial charge in [-0.25, -0.2) is 0 Å². The van der Waals surface area contributed by atoms with Gasteiger partial charge < -0.3 is 31.9 Å². The number of ketones is 1. The summed E-state index contributed by atoms with van der Waals surface area (Å²) >= 11 is 0. The van der Waals surface area contributed by atoms with Gasteiger partial charge in [0.05, 0.1) is 12.1 Å². The lowest BCUT2D eigenvalue weighted by molar-refractivity contribution is -0.136. The summed E-state index contributed by atoms with van der Waals surface area (Å²) in [7, 11) is 0. The van der Waals surface area contributed by atoms with E-state index in [2.05, 4.69) is 31.9 Å². The van der Waals surface area contributed by atoms with Gasteiger partial charge in [0.2, 0.25) is 35.4 Å². The van der Waals surface area contributed by atoms with E-state index in [1.54, 1.807) is 55.4 Å². The van der Waals surface area contributed by atoms with E-state index in [0.29, 0.717) is 0 Å². The summed E-state index contributed by atoms with van der Waals surface area (Å²) in [6.07, 6.45) is 0.173. The number of hydrogen-bond acceptors (Lipinski definition) is 7. The van der Waals surface area contributed by atoms with Crippen LogP contribution in [-0.4, -0.2) is 77.5 Å². The first-order valence-corrected chi connectivity index (χ1v) is 18.7. The van der Waals surface area contributed by atoms with Crippen LogP contribution in [0.1, 0.15) is 80.4 Å². The van der Waals surface area contributed by atoms with Crippen LogP contribution in [0.25, 0.3) is 0 Å². The Labute approximate surface area is 320 Å². The number of nitrogens with one attached hydrogen (secondary N) is 6. The topological polar surface area (TPSA) is 192 Å². The maximum absolute atomic E-state index is 14.7. The van der Waals surface area contributed by atoms with Crippen LogP contribution in [0.15, 0.2) is 60.7 Å². The molecule has 0 saturated heterocycles.